The van der Waals surface area contributed by atoms with Gasteiger partial charge in [-0.25, -0.2) is 9.82 Å². The number of nitrogens with one attached hydrogen (secondary N) is 2. The molecule has 0 radical (unpaired) electrons. The predicted octanol–water partition coefficient (Wildman–Crippen LogP) is 5.78. The van der Waals surface area contributed by atoms with Crippen LogP contribution in [0.15, 0.2) is 42.6 Å². The molecule has 2 fully saturated rings. The number of fused-ring (bicyclic) bond motifs is 6. The summed E-state index contributed by atoms with van der Waals surface area (Å²) >= 11 is 0. The summed E-state index contributed by atoms with van der Waals surface area (Å²) in [5, 5.41) is 5.52. The first-order valence-corrected chi connectivity index (χ1v) is 26.0. The van der Waals surface area contributed by atoms with Crippen molar-refractivity contribution in [3.05, 3.63) is 59.4 Å². The first-order chi connectivity index (χ1) is 34.5. The van der Waals surface area contributed by atoms with Crippen molar-refractivity contribution >= 4 is 46.1 Å². The van der Waals surface area contributed by atoms with Gasteiger partial charge in [0, 0.05) is 101 Å². The van der Waals surface area contributed by atoms with Crippen LogP contribution in [0.1, 0.15) is 110 Å². The van der Waals surface area contributed by atoms with Crippen LogP contribution in [0.5, 0.6) is 0 Å². The summed E-state index contributed by atoms with van der Waals surface area (Å²) in [6.45, 7) is 18.0. The second kappa shape index (κ2) is 22.4. The largest absolute Gasteiger partial charge is 0.464 e. The standard InChI is InChI=1S/C56H78FN9O7/c1-13-65-45-21-20-38-31-41(45)42(49(65)40-18-14-26-58-47(40)37(4)72-12)32-54(5,6)35-73-52(70)43-19-16-28-66(60-43)51(69)44(34-63-27-15-17-39(38)33-63)59-50(68)48(36(2)3)62(11)53(71)56(57)24-29-64(30-25-56)46(67)22-23-55(7,8)61(9)10/h14,17-18,20-21,26,31,36-37,43-44,48,60H,13,15-16,19,24-25,27-30,32-35H2,1-12H3,(H,59,68)/t37-,43-,44-,48-/m0/s1. The highest BCUT2D eigenvalue weighted by Crippen LogP contribution is 2.42. The topological polar surface area (TPSA) is 162 Å². The van der Waals surface area contributed by atoms with Crippen LogP contribution in [-0.2, 0) is 46.4 Å². The van der Waals surface area contributed by atoms with Crippen molar-refractivity contribution in [3.63, 3.8) is 0 Å². The van der Waals surface area contributed by atoms with Crippen molar-refractivity contribution in [2.75, 3.05) is 74.1 Å². The summed E-state index contributed by atoms with van der Waals surface area (Å²) in [6, 6.07) is 7.56. The molecule has 2 N–H and O–H groups in total. The van der Waals surface area contributed by atoms with E-state index in [2.05, 4.69) is 83.2 Å². The Morgan fingerprint density at radius 3 is 2.47 bits per heavy atom. The summed E-state index contributed by atoms with van der Waals surface area (Å²) < 4.78 is 31.1. The molecule has 6 heterocycles. The Hall–Kier alpha value is -5.67. The highest BCUT2D eigenvalue weighted by Gasteiger charge is 2.47. The number of likely N-dealkylation sites (N-methyl/N-ethyl adjacent to an activating group) is 1. The average molecular weight is 1010 g/mol. The number of benzene rings is 1. The third kappa shape index (κ3) is 12.0. The number of aromatic nitrogens is 2. The van der Waals surface area contributed by atoms with E-state index in [1.54, 1.807) is 27.2 Å². The van der Waals surface area contributed by atoms with Gasteiger partial charge in [-0.1, -0.05) is 45.8 Å². The predicted molar refractivity (Wildman–Crippen MR) is 280 cm³/mol. The molecule has 2 aromatic heterocycles. The number of rotatable bonds is 10. The minimum Gasteiger partial charge on any atom is -0.464 e. The molecule has 2 saturated heterocycles. The van der Waals surface area contributed by atoms with Gasteiger partial charge in [0.2, 0.25) is 5.91 Å². The van der Waals surface area contributed by atoms with Gasteiger partial charge in [-0.2, -0.15) is 0 Å². The normalized spacial score (nSPS) is 22.4. The number of aryl methyl sites for hydroxylation is 1. The fraction of sp³-hybridized carbons (Fsp3) is 0.607. The second-order valence-electron chi connectivity index (χ2n) is 22.3. The van der Waals surface area contributed by atoms with Crippen LogP contribution in [0, 0.1) is 23.2 Å². The first-order valence-electron chi connectivity index (χ1n) is 26.0. The number of ether oxygens (including phenoxy) is 2. The number of hydrogen-bond donors (Lipinski definition) is 2. The zero-order valence-electron chi connectivity index (χ0n) is 45.2. The van der Waals surface area contributed by atoms with Crippen LogP contribution in [0.2, 0.25) is 0 Å². The number of pyridine rings is 1. The number of carbonyl (C=O) groups excluding carboxylic acids is 5. The smallest absolute Gasteiger partial charge is 0.324 e. The lowest BCUT2D eigenvalue weighted by Gasteiger charge is -2.40. The highest BCUT2D eigenvalue weighted by molar-refractivity contribution is 5.97. The molecule has 4 amide bonds. The molecule has 396 valence electrons. The number of amides is 4. The molecule has 5 atom stereocenters. The summed E-state index contributed by atoms with van der Waals surface area (Å²) in [4.78, 5) is 82.2. The number of cyclic esters (lactones) is 1. The van der Waals surface area contributed by atoms with Gasteiger partial charge in [-0.3, -0.25) is 43.8 Å². The van der Waals surface area contributed by atoms with Crippen molar-refractivity contribution < 1.29 is 37.8 Å². The number of hydrogen-bond acceptors (Lipinski definition) is 11. The molecule has 73 heavy (non-hydrogen) atoms. The number of halogens is 1. The Balaban J connectivity index is 1.19. The van der Waals surface area contributed by atoms with Gasteiger partial charge in [0.15, 0.2) is 5.67 Å². The SMILES string of the molecule is CCn1c(-c2cccnc2[C@H](C)OC)c2c3cc(ccc31)C1=CCCN(C1)C[C@H](NC(=O)[C@H](C(C)C)N(C)C(=O)C1(F)CCN(C(=O)C#CC(C)(C)N(C)C)CC1)C(=O)N1CCC[C@H](N1)C(=O)OCC(C)(C)C2. The lowest BCUT2D eigenvalue weighted by molar-refractivity contribution is -0.156. The summed E-state index contributed by atoms with van der Waals surface area (Å²) in [7, 11) is 6.85. The number of alkyl halides is 1. The molecule has 1 aromatic carbocycles. The lowest BCUT2D eigenvalue weighted by atomic mass is 9.84. The van der Waals surface area contributed by atoms with Crippen molar-refractivity contribution in [3.8, 4) is 23.1 Å². The van der Waals surface area contributed by atoms with E-state index in [0.29, 0.717) is 51.9 Å². The molecule has 4 aliphatic rings. The minimum atomic E-state index is -2.33. The maximum absolute atomic E-state index is 16.8. The molecule has 0 spiro atoms. The van der Waals surface area contributed by atoms with Gasteiger partial charge in [-0.05, 0) is 120 Å². The van der Waals surface area contributed by atoms with Crippen LogP contribution in [0.3, 0.4) is 0 Å². The van der Waals surface area contributed by atoms with Crippen molar-refractivity contribution in [1.82, 2.24) is 44.9 Å². The van der Waals surface area contributed by atoms with Gasteiger partial charge in [0.05, 0.1) is 29.6 Å². The molecule has 1 unspecified atom stereocenters. The van der Waals surface area contributed by atoms with Crippen LogP contribution < -0.4 is 10.7 Å². The quantitative estimate of drug-likeness (QED) is 0.187. The molecule has 4 aliphatic heterocycles. The molecule has 6 bridgehead atoms. The summed E-state index contributed by atoms with van der Waals surface area (Å²) in [5.41, 5.74) is 6.92. The minimum absolute atomic E-state index is 0.00941. The van der Waals surface area contributed by atoms with E-state index in [1.165, 1.54) is 17.0 Å². The van der Waals surface area contributed by atoms with E-state index in [-0.39, 0.29) is 45.2 Å². The molecular weight excluding hydrogens is 930 g/mol. The zero-order chi connectivity index (χ0) is 53.2. The van der Waals surface area contributed by atoms with Crippen molar-refractivity contribution in [1.29, 1.82) is 0 Å². The number of piperidine rings is 1. The molecular formula is C56H78FN9O7. The van der Waals surface area contributed by atoms with Gasteiger partial charge in [0.25, 0.3) is 17.7 Å². The third-order valence-corrected chi connectivity index (χ3v) is 15.4. The van der Waals surface area contributed by atoms with Gasteiger partial charge in [0.1, 0.15) is 18.1 Å². The second-order valence-corrected chi connectivity index (χ2v) is 22.3. The Morgan fingerprint density at radius 2 is 1.79 bits per heavy atom. The van der Waals surface area contributed by atoms with Gasteiger partial charge in [-0.15, -0.1) is 0 Å². The molecule has 0 saturated carbocycles. The Labute approximate surface area is 431 Å². The number of likely N-dealkylation sites (tertiary alicyclic amines) is 1. The Bertz CT molecular complexity index is 2660. The Kier molecular flexibility index (Phi) is 16.9. The lowest BCUT2D eigenvalue weighted by Crippen LogP contribution is -2.64. The maximum atomic E-state index is 16.8. The Morgan fingerprint density at radius 1 is 1.07 bits per heavy atom. The highest BCUT2D eigenvalue weighted by atomic mass is 19.1. The fourth-order valence-corrected chi connectivity index (χ4v) is 10.6. The molecule has 3 aromatic rings. The summed E-state index contributed by atoms with van der Waals surface area (Å²) in [6.07, 6.45) is 5.51. The fourth-order valence-electron chi connectivity index (χ4n) is 10.6. The van der Waals surface area contributed by atoms with Crippen molar-refractivity contribution in [2.24, 2.45) is 11.3 Å². The molecule has 7 rings (SSSR count). The van der Waals surface area contributed by atoms with E-state index in [9.17, 15) is 24.0 Å². The number of hydrazine groups is 1. The molecule has 16 nitrogen and oxygen atoms in total. The van der Waals surface area contributed by atoms with E-state index < -0.39 is 70.3 Å². The third-order valence-electron chi connectivity index (χ3n) is 15.4. The first kappa shape index (κ1) is 55.1. The van der Waals surface area contributed by atoms with Crippen LogP contribution in [0.25, 0.3) is 27.7 Å². The number of methoxy groups -OCH3 is 1. The monoisotopic (exact) mass is 1010 g/mol. The van der Waals surface area contributed by atoms with E-state index in [4.69, 9.17) is 14.5 Å². The molecule has 0 aliphatic carbocycles. The van der Waals surface area contributed by atoms with E-state index >= 15 is 4.39 Å². The molecule has 17 heteroatoms. The number of esters is 1. The summed E-state index contributed by atoms with van der Waals surface area (Å²) in [5.74, 6) is 2.40. The van der Waals surface area contributed by atoms with Crippen LogP contribution in [0.4, 0.5) is 4.39 Å². The maximum Gasteiger partial charge on any atom is 0.324 e. The number of carbonyl (C=O) groups is 5. The average Bonchev–Trinajstić information content (AvgIpc) is 3.67. The van der Waals surface area contributed by atoms with Gasteiger partial charge < -0.3 is 29.2 Å². The zero-order valence-corrected chi connectivity index (χ0v) is 45.2. The van der Waals surface area contributed by atoms with Crippen LogP contribution >= 0.6 is 0 Å². The van der Waals surface area contributed by atoms with E-state index in [0.717, 1.165) is 49.5 Å². The van der Waals surface area contributed by atoms with E-state index in [1.807, 2.05) is 45.8 Å². The van der Waals surface area contributed by atoms with Crippen molar-refractivity contribution in [2.45, 2.75) is 136 Å². The van der Waals surface area contributed by atoms with Gasteiger partial charge >= 0.3 is 5.97 Å². The number of nitrogens with zero attached hydrogens (tertiary/aromatic N) is 7. The van der Waals surface area contributed by atoms with Crippen LogP contribution in [-0.4, -0.2) is 167 Å².